The van der Waals surface area contributed by atoms with Crippen molar-refractivity contribution in [1.82, 2.24) is 30.1 Å². The van der Waals surface area contributed by atoms with E-state index >= 15 is 0 Å². The van der Waals surface area contributed by atoms with Crippen LogP contribution in [0.4, 0.5) is 0 Å². The highest BCUT2D eigenvalue weighted by Crippen LogP contribution is 2.29. The fourth-order valence-electron chi connectivity index (χ4n) is 5.38. The molecule has 0 unspecified atom stereocenters. The van der Waals surface area contributed by atoms with Crippen LogP contribution < -0.4 is 15.0 Å². The Balaban J connectivity index is 1.41. The summed E-state index contributed by atoms with van der Waals surface area (Å²) in [5, 5.41) is 13.8. The first-order chi connectivity index (χ1) is 18.5. The fraction of sp³-hybridized carbons (Fsp3) is 0.448. The largest absolute Gasteiger partial charge is 0.493 e. The van der Waals surface area contributed by atoms with E-state index in [-0.39, 0.29) is 5.56 Å². The number of hydrogen-bond donors (Lipinski definition) is 1. The average molecular weight is 517 g/mol. The lowest BCUT2D eigenvalue weighted by Gasteiger charge is -2.25. The monoisotopic (exact) mass is 516 g/mol. The van der Waals surface area contributed by atoms with Crippen LogP contribution in [0.3, 0.4) is 0 Å². The van der Waals surface area contributed by atoms with Crippen molar-refractivity contribution in [3.63, 3.8) is 0 Å². The van der Waals surface area contributed by atoms with Crippen LogP contribution in [0, 0.1) is 6.92 Å². The number of aryl methyl sites for hydroxylation is 1. The number of pyridine rings is 1. The molecule has 2 aromatic carbocycles. The maximum Gasteiger partial charge on any atom is 0.252 e. The number of aromatic amines is 1. The van der Waals surface area contributed by atoms with Crippen molar-refractivity contribution in [2.45, 2.75) is 64.6 Å². The standard InChI is InChI=1S/C29H36N6O3/c1-20-9-11-22-17-23(29(36)30-25(22)15-20)18-34(14-13-21-10-12-26(37-2)27(16-21)38-3)19-28-31-32-33-35(28)24-7-5-4-6-8-24/h9-12,15-17,24H,4-8,13-14,18-19H2,1-3H3,(H,30,36). The molecule has 2 heterocycles. The van der Waals surface area contributed by atoms with Crippen molar-refractivity contribution < 1.29 is 9.47 Å². The summed E-state index contributed by atoms with van der Waals surface area (Å²) in [5.41, 5.74) is 3.77. The van der Waals surface area contributed by atoms with E-state index in [2.05, 4.69) is 43.6 Å². The Kier molecular flexibility index (Phi) is 8.03. The zero-order valence-corrected chi connectivity index (χ0v) is 22.4. The van der Waals surface area contributed by atoms with Gasteiger partial charge >= 0.3 is 0 Å². The molecule has 38 heavy (non-hydrogen) atoms. The van der Waals surface area contributed by atoms with Gasteiger partial charge in [0.25, 0.3) is 5.56 Å². The van der Waals surface area contributed by atoms with E-state index in [1.54, 1.807) is 14.2 Å². The van der Waals surface area contributed by atoms with Crippen molar-refractivity contribution in [1.29, 1.82) is 0 Å². The lowest BCUT2D eigenvalue weighted by atomic mass is 9.95. The molecule has 1 N–H and O–H groups in total. The first-order valence-corrected chi connectivity index (χ1v) is 13.4. The van der Waals surface area contributed by atoms with Gasteiger partial charge in [0.2, 0.25) is 0 Å². The van der Waals surface area contributed by atoms with Crippen molar-refractivity contribution in [3.8, 4) is 11.5 Å². The van der Waals surface area contributed by atoms with Crippen LogP contribution in [0.5, 0.6) is 11.5 Å². The highest BCUT2D eigenvalue weighted by Gasteiger charge is 2.22. The number of hydrogen-bond acceptors (Lipinski definition) is 7. The van der Waals surface area contributed by atoms with Crippen molar-refractivity contribution in [3.05, 3.63) is 75.3 Å². The predicted octanol–water partition coefficient (Wildman–Crippen LogP) is 4.59. The number of tetrazole rings is 1. The van der Waals surface area contributed by atoms with E-state index in [1.807, 2.05) is 35.9 Å². The third-order valence-electron chi connectivity index (χ3n) is 7.48. The Morgan fingerprint density at radius 2 is 1.82 bits per heavy atom. The third kappa shape index (κ3) is 5.88. The first kappa shape index (κ1) is 25.9. The van der Waals surface area contributed by atoms with E-state index < -0.39 is 0 Å². The molecule has 0 bridgehead atoms. The summed E-state index contributed by atoms with van der Waals surface area (Å²) in [6, 6.07) is 14.5. The minimum Gasteiger partial charge on any atom is -0.493 e. The number of H-pyrrole nitrogens is 1. The van der Waals surface area contributed by atoms with Crippen LogP contribution >= 0.6 is 0 Å². The number of fused-ring (bicyclic) bond motifs is 1. The molecule has 0 saturated heterocycles. The quantitative estimate of drug-likeness (QED) is 0.329. The molecule has 0 aliphatic heterocycles. The van der Waals surface area contributed by atoms with Crippen LogP contribution in [0.15, 0.2) is 47.3 Å². The van der Waals surface area contributed by atoms with Gasteiger partial charge in [-0.3, -0.25) is 9.69 Å². The molecule has 4 aromatic rings. The number of rotatable bonds is 10. The van der Waals surface area contributed by atoms with E-state index in [9.17, 15) is 4.79 Å². The smallest absolute Gasteiger partial charge is 0.252 e. The van der Waals surface area contributed by atoms with Crippen LogP contribution in [-0.2, 0) is 19.5 Å². The second-order valence-electron chi connectivity index (χ2n) is 10.2. The lowest BCUT2D eigenvalue weighted by molar-refractivity contribution is 0.235. The highest BCUT2D eigenvalue weighted by atomic mass is 16.5. The minimum absolute atomic E-state index is 0.0638. The van der Waals surface area contributed by atoms with Gasteiger partial charge in [-0.1, -0.05) is 37.5 Å². The van der Waals surface area contributed by atoms with Crippen LogP contribution in [0.2, 0.25) is 0 Å². The van der Waals surface area contributed by atoms with Crippen LogP contribution in [-0.4, -0.2) is 50.9 Å². The first-order valence-electron chi connectivity index (χ1n) is 13.4. The number of nitrogens with one attached hydrogen (secondary N) is 1. The predicted molar refractivity (Wildman–Crippen MR) is 147 cm³/mol. The summed E-state index contributed by atoms with van der Waals surface area (Å²) in [7, 11) is 3.28. The molecule has 0 atom stereocenters. The maximum atomic E-state index is 13.1. The summed E-state index contributed by atoms with van der Waals surface area (Å²) < 4.78 is 12.9. The Morgan fingerprint density at radius 1 is 1.00 bits per heavy atom. The molecule has 0 amide bonds. The summed E-state index contributed by atoms with van der Waals surface area (Å²) in [6.45, 7) is 3.79. The Morgan fingerprint density at radius 3 is 2.61 bits per heavy atom. The van der Waals surface area contributed by atoms with Crippen molar-refractivity contribution >= 4 is 10.9 Å². The highest BCUT2D eigenvalue weighted by molar-refractivity contribution is 5.79. The Hall–Kier alpha value is -3.72. The van der Waals surface area contributed by atoms with E-state index in [1.165, 1.54) is 19.3 Å². The molecule has 0 radical (unpaired) electrons. The zero-order chi connectivity index (χ0) is 26.5. The molecule has 1 fully saturated rings. The molecule has 1 aliphatic carbocycles. The molecule has 5 rings (SSSR count). The number of benzene rings is 2. The Labute approximate surface area is 222 Å². The molecule has 1 saturated carbocycles. The van der Waals surface area contributed by atoms with E-state index in [4.69, 9.17) is 9.47 Å². The Bertz CT molecular complexity index is 1440. The molecule has 2 aromatic heterocycles. The number of nitrogens with zero attached hydrogens (tertiary/aromatic N) is 5. The van der Waals surface area contributed by atoms with Gasteiger partial charge < -0.3 is 14.5 Å². The van der Waals surface area contributed by atoms with Gasteiger partial charge in [0.1, 0.15) is 0 Å². The van der Waals surface area contributed by atoms with E-state index in [0.717, 1.165) is 59.2 Å². The van der Waals surface area contributed by atoms with Gasteiger partial charge in [-0.15, -0.1) is 5.10 Å². The molecule has 9 heteroatoms. The van der Waals surface area contributed by atoms with Gasteiger partial charge in [-0.2, -0.15) is 0 Å². The number of methoxy groups -OCH3 is 2. The van der Waals surface area contributed by atoms with Crippen molar-refractivity contribution in [2.24, 2.45) is 0 Å². The normalized spacial score (nSPS) is 14.3. The van der Waals surface area contributed by atoms with Gasteiger partial charge in [0.05, 0.1) is 26.8 Å². The zero-order valence-electron chi connectivity index (χ0n) is 22.4. The topological polar surface area (TPSA) is 98.2 Å². The summed E-state index contributed by atoms with van der Waals surface area (Å²) in [6.07, 6.45) is 6.67. The minimum atomic E-state index is -0.0638. The summed E-state index contributed by atoms with van der Waals surface area (Å²) in [5.74, 6) is 2.26. The fourth-order valence-corrected chi connectivity index (χ4v) is 5.38. The van der Waals surface area contributed by atoms with Gasteiger partial charge in [-0.05, 0) is 77.4 Å². The summed E-state index contributed by atoms with van der Waals surface area (Å²) in [4.78, 5) is 18.4. The van der Waals surface area contributed by atoms with Gasteiger partial charge in [0.15, 0.2) is 17.3 Å². The van der Waals surface area contributed by atoms with Crippen molar-refractivity contribution in [2.75, 3.05) is 20.8 Å². The molecule has 1 aliphatic rings. The van der Waals surface area contributed by atoms with Crippen LogP contribution in [0.1, 0.15) is 60.7 Å². The second-order valence-corrected chi connectivity index (χ2v) is 10.2. The SMILES string of the molecule is COc1ccc(CCN(Cc2cc3ccc(C)cc3[nH]c2=O)Cc2nnnn2C2CCCCC2)cc1OC. The molecule has 0 spiro atoms. The van der Waals surface area contributed by atoms with Gasteiger partial charge in [-0.25, -0.2) is 4.68 Å². The number of aromatic nitrogens is 5. The second kappa shape index (κ2) is 11.8. The van der Waals surface area contributed by atoms with Gasteiger partial charge in [0, 0.05) is 24.2 Å². The molecular weight excluding hydrogens is 480 g/mol. The lowest BCUT2D eigenvalue weighted by Crippen LogP contribution is -2.30. The molecule has 200 valence electrons. The van der Waals surface area contributed by atoms with Crippen LogP contribution in [0.25, 0.3) is 10.9 Å². The molecule has 9 nitrogen and oxygen atoms in total. The average Bonchev–Trinajstić information content (AvgIpc) is 3.40. The number of ether oxygens (including phenoxy) is 2. The maximum absolute atomic E-state index is 13.1. The van der Waals surface area contributed by atoms with E-state index in [0.29, 0.717) is 30.6 Å². The molecular formula is C29H36N6O3. The summed E-state index contributed by atoms with van der Waals surface area (Å²) >= 11 is 0. The third-order valence-corrected chi connectivity index (χ3v) is 7.48.